The van der Waals surface area contributed by atoms with Crippen LogP contribution in [0.2, 0.25) is 5.02 Å². The third-order valence-corrected chi connectivity index (χ3v) is 7.35. The van der Waals surface area contributed by atoms with E-state index in [4.69, 9.17) is 11.6 Å². The van der Waals surface area contributed by atoms with Crippen LogP contribution in [0.4, 0.5) is 28.9 Å². The number of amides is 2. The Morgan fingerprint density at radius 2 is 1.84 bits per heavy atom. The topological polar surface area (TPSA) is 62.3 Å². The lowest BCUT2D eigenvalue weighted by Gasteiger charge is -2.23. The van der Waals surface area contributed by atoms with Crippen molar-refractivity contribution in [1.82, 2.24) is 4.98 Å². The molecular formula is C27H18ClF4N3O2S. The lowest BCUT2D eigenvalue weighted by Crippen LogP contribution is -2.32. The van der Waals surface area contributed by atoms with Crippen molar-refractivity contribution in [3.8, 4) is 11.3 Å². The average molecular weight is 560 g/mol. The van der Waals surface area contributed by atoms with Gasteiger partial charge in [-0.05, 0) is 49.4 Å². The van der Waals surface area contributed by atoms with Gasteiger partial charge in [0.1, 0.15) is 5.82 Å². The van der Waals surface area contributed by atoms with E-state index in [9.17, 15) is 27.2 Å². The van der Waals surface area contributed by atoms with Crippen LogP contribution in [0.5, 0.6) is 0 Å². The summed E-state index contributed by atoms with van der Waals surface area (Å²) in [5.41, 5.74) is 0.915. The van der Waals surface area contributed by atoms with Crippen LogP contribution in [0.25, 0.3) is 11.3 Å². The largest absolute Gasteiger partial charge is 0.416 e. The van der Waals surface area contributed by atoms with Crippen molar-refractivity contribution in [2.24, 2.45) is 0 Å². The summed E-state index contributed by atoms with van der Waals surface area (Å²) in [5, 5.41) is 3.38. The van der Waals surface area contributed by atoms with Gasteiger partial charge in [-0.1, -0.05) is 29.8 Å². The van der Waals surface area contributed by atoms with E-state index in [1.807, 2.05) is 31.2 Å². The fourth-order valence-corrected chi connectivity index (χ4v) is 5.50. The van der Waals surface area contributed by atoms with E-state index in [1.165, 1.54) is 18.2 Å². The molecule has 2 heterocycles. The van der Waals surface area contributed by atoms with Crippen LogP contribution in [-0.2, 0) is 12.6 Å². The van der Waals surface area contributed by atoms with E-state index in [1.54, 1.807) is 16.2 Å². The molecule has 0 fully saturated rings. The monoisotopic (exact) mass is 559 g/mol. The molecule has 5 nitrogen and oxygen atoms in total. The summed E-state index contributed by atoms with van der Waals surface area (Å²) in [4.78, 5) is 33.5. The van der Waals surface area contributed by atoms with Gasteiger partial charge in [0, 0.05) is 34.7 Å². The SMILES string of the molecule is Cc1nc2c(s1)CCN(C(=O)c1ccc(NC(=O)c3cc(F)cc(C(F)(F)F)c3)cc1Cl)c1ccccc1-2. The number of aryl methyl sites for hydroxylation is 1. The van der Waals surface area contributed by atoms with E-state index in [0.29, 0.717) is 36.9 Å². The van der Waals surface area contributed by atoms with Crippen molar-refractivity contribution >= 4 is 46.1 Å². The number of carbonyl (C=O) groups is 2. The number of fused-ring (bicyclic) bond motifs is 3. The summed E-state index contributed by atoms with van der Waals surface area (Å²) < 4.78 is 52.7. The Kier molecular flexibility index (Phi) is 6.70. The number of thiazole rings is 1. The van der Waals surface area contributed by atoms with Crippen molar-refractivity contribution in [3.05, 3.63) is 98.1 Å². The highest BCUT2D eigenvalue weighted by Gasteiger charge is 2.32. The molecule has 1 aromatic heterocycles. The number of hydrogen-bond acceptors (Lipinski definition) is 4. The first-order chi connectivity index (χ1) is 18.0. The smallest absolute Gasteiger partial charge is 0.322 e. The molecule has 0 bridgehead atoms. The van der Waals surface area contributed by atoms with Gasteiger partial charge in [-0.25, -0.2) is 9.37 Å². The Balaban J connectivity index is 1.40. The Morgan fingerprint density at radius 3 is 2.58 bits per heavy atom. The van der Waals surface area contributed by atoms with Gasteiger partial charge in [-0.15, -0.1) is 11.3 Å². The fraction of sp³-hybridized carbons (Fsp3) is 0.148. The lowest BCUT2D eigenvalue weighted by molar-refractivity contribution is -0.137. The summed E-state index contributed by atoms with van der Waals surface area (Å²) in [6.45, 7) is 2.34. The van der Waals surface area contributed by atoms with Gasteiger partial charge in [0.25, 0.3) is 11.8 Å². The van der Waals surface area contributed by atoms with E-state index >= 15 is 0 Å². The molecular weight excluding hydrogens is 542 g/mol. The molecule has 1 aliphatic rings. The molecule has 0 saturated heterocycles. The number of halogens is 5. The maximum absolute atomic E-state index is 13.7. The van der Waals surface area contributed by atoms with Crippen LogP contribution in [-0.4, -0.2) is 23.3 Å². The van der Waals surface area contributed by atoms with E-state index < -0.39 is 29.0 Å². The van der Waals surface area contributed by atoms with Crippen molar-refractivity contribution in [2.75, 3.05) is 16.8 Å². The summed E-state index contributed by atoms with van der Waals surface area (Å²) in [7, 11) is 0. The summed E-state index contributed by atoms with van der Waals surface area (Å²) in [6, 6.07) is 13.2. The minimum atomic E-state index is -4.81. The molecule has 1 aliphatic heterocycles. The van der Waals surface area contributed by atoms with Crippen LogP contribution < -0.4 is 10.2 Å². The van der Waals surface area contributed by atoms with E-state index in [-0.39, 0.29) is 22.2 Å². The Labute approximate surface area is 223 Å². The highest BCUT2D eigenvalue weighted by Crippen LogP contribution is 2.39. The average Bonchev–Trinajstić information content (AvgIpc) is 3.16. The third kappa shape index (κ3) is 5.01. The minimum Gasteiger partial charge on any atom is -0.322 e. The number of rotatable bonds is 3. The van der Waals surface area contributed by atoms with Gasteiger partial charge in [-0.2, -0.15) is 13.2 Å². The third-order valence-electron chi connectivity index (χ3n) is 6.01. The molecule has 3 aromatic carbocycles. The number of para-hydroxylation sites is 1. The maximum Gasteiger partial charge on any atom is 0.416 e. The van der Waals surface area contributed by atoms with Crippen molar-refractivity contribution in [2.45, 2.75) is 19.5 Å². The number of nitrogens with zero attached hydrogens (tertiary/aromatic N) is 2. The molecule has 5 rings (SSSR count). The number of anilines is 2. The Hall–Kier alpha value is -3.76. The second-order valence-corrected chi connectivity index (χ2v) is 10.3. The summed E-state index contributed by atoms with van der Waals surface area (Å²) >= 11 is 8.01. The first-order valence-corrected chi connectivity index (χ1v) is 12.6. The first-order valence-electron chi connectivity index (χ1n) is 11.4. The predicted molar refractivity (Wildman–Crippen MR) is 138 cm³/mol. The lowest BCUT2D eigenvalue weighted by atomic mass is 10.1. The number of aromatic nitrogens is 1. The number of benzene rings is 3. The normalized spacial score (nSPS) is 12.9. The van der Waals surface area contributed by atoms with E-state index in [0.717, 1.165) is 21.1 Å². The van der Waals surface area contributed by atoms with Crippen molar-refractivity contribution in [3.63, 3.8) is 0 Å². The molecule has 38 heavy (non-hydrogen) atoms. The molecule has 11 heteroatoms. The predicted octanol–water partition coefficient (Wildman–Crippen LogP) is 7.39. The highest BCUT2D eigenvalue weighted by molar-refractivity contribution is 7.12. The van der Waals surface area contributed by atoms with Crippen LogP contribution >= 0.6 is 22.9 Å². The summed E-state index contributed by atoms with van der Waals surface area (Å²) in [6.07, 6.45) is -4.20. The van der Waals surface area contributed by atoms with Crippen LogP contribution in [0, 0.1) is 12.7 Å². The number of alkyl halides is 3. The zero-order valence-electron chi connectivity index (χ0n) is 19.7. The van der Waals surface area contributed by atoms with Gasteiger partial charge < -0.3 is 10.2 Å². The van der Waals surface area contributed by atoms with Gasteiger partial charge in [0.15, 0.2) is 0 Å². The molecule has 0 radical (unpaired) electrons. The second-order valence-electron chi connectivity index (χ2n) is 8.60. The van der Waals surface area contributed by atoms with Gasteiger partial charge in [0.2, 0.25) is 0 Å². The second kappa shape index (κ2) is 9.85. The zero-order chi connectivity index (χ0) is 27.2. The van der Waals surface area contributed by atoms with Crippen LogP contribution in [0.3, 0.4) is 0 Å². The van der Waals surface area contributed by atoms with Crippen molar-refractivity contribution < 1.29 is 27.2 Å². The Bertz CT molecular complexity index is 1590. The number of carbonyl (C=O) groups excluding carboxylic acids is 2. The first kappa shape index (κ1) is 25.9. The number of nitrogens with one attached hydrogen (secondary N) is 1. The van der Waals surface area contributed by atoms with Gasteiger partial charge >= 0.3 is 6.18 Å². The molecule has 0 aliphatic carbocycles. The molecule has 1 N–H and O–H groups in total. The maximum atomic E-state index is 13.7. The molecule has 4 aromatic rings. The minimum absolute atomic E-state index is 0.0356. The zero-order valence-corrected chi connectivity index (χ0v) is 21.3. The van der Waals surface area contributed by atoms with Crippen LogP contribution in [0.1, 0.15) is 36.2 Å². The molecule has 0 saturated carbocycles. The highest BCUT2D eigenvalue weighted by atomic mass is 35.5. The quantitative estimate of drug-likeness (QED) is 0.266. The Morgan fingerprint density at radius 1 is 1.08 bits per heavy atom. The van der Waals surface area contributed by atoms with Gasteiger partial charge in [0.05, 0.1) is 32.5 Å². The standard InChI is InChI=1S/C27H18ClF4N3O2S/c1-14-33-24-20-4-2-3-5-22(20)35(9-8-23(24)38-14)26(37)19-7-6-18(13-21(19)28)34-25(36)15-10-16(27(30,31)32)12-17(29)11-15/h2-7,10-13H,8-9H2,1H3,(H,34,36). The molecule has 0 spiro atoms. The molecule has 0 unspecified atom stereocenters. The molecule has 2 amide bonds. The molecule has 194 valence electrons. The molecule has 0 atom stereocenters. The van der Waals surface area contributed by atoms with Crippen molar-refractivity contribution in [1.29, 1.82) is 0 Å². The summed E-state index contributed by atoms with van der Waals surface area (Å²) in [5.74, 6) is -2.51. The van der Waals surface area contributed by atoms with Crippen LogP contribution in [0.15, 0.2) is 60.7 Å². The fourth-order valence-electron chi connectivity index (χ4n) is 4.30. The van der Waals surface area contributed by atoms with E-state index in [2.05, 4.69) is 10.3 Å². The van der Waals surface area contributed by atoms with Gasteiger partial charge in [-0.3, -0.25) is 9.59 Å². The number of hydrogen-bond donors (Lipinski definition) is 1.